The zero-order valence-electron chi connectivity index (χ0n) is 9.19. The molecular formula is C11H13FN2O2S. The summed E-state index contributed by atoms with van der Waals surface area (Å²) in [6.45, 7) is 0. The first-order valence-corrected chi connectivity index (χ1v) is 6.60. The topological polar surface area (TPSA) is 55.2 Å². The van der Waals surface area contributed by atoms with Gasteiger partial charge in [-0.3, -0.25) is 10.1 Å². The maximum atomic E-state index is 13.5. The van der Waals surface area contributed by atoms with Gasteiger partial charge in [0.2, 0.25) is 0 Å². The van der Waals surface area contributed by atoms with Gasteiger partial charge in [0.15, 0.2) is 0 Å². The molecule has 1 N–H and O–H groups in total. The molecule has 0 radical (unpaired) electrons. The van der Waals surface area contributed by atoms with Gasteiger partial charge >= 0.3 is 0 Å². The van der Waals surface area contributed by atoms with Gasteiger partial charge < -0.3 is 5.32 Å². The van der Waals surface area contributed by atoms with Crippen LogP contribution in [0.1, 0.15) is 12.8 Å². The standard InChI is InChI=1S/C11H13FN2O2S/c12-10-4-3-9(14(15)16)6-11(10)13-8-2-1-5-17-7-8/h3-4,6,8,13H,1-2,5,7H2. The van der Waals surface area contributed by atoms with Crippen LogP contribution in [0.4, 0.5) is 15.8 Å². The molecule has 1 unspecified atom stereocenters. The first-order chi connectivity index (χ1) is 8.16. The maximum Gasteiger partial charge on any atom is 0.271 e. The molecule has 0 aromatic heterocycles. The Hall–Kier alpha value is -1.30. The molecule has 0 amide bonds. The van der Waals surface area contributed by atoms with E-state index in [1.54, 1.807) is 0 Å². The van der Waals surface area contributed by atoms with E-state index < -0.39 is 10.7 Å². The number of nitro benzene ring substituents is 1. The number of hydrogen-bond acceptors (Lipinski definition) is 4. The number of hydrogen-bond donors (Lipinski definition) is 1. The van der Waals surface area contributed by atoms with E-state index in [9.17, 15) is 14.5 Å². The summed E-state index contributed by atoms with van der Waals surface area (Å²) in [5, 5.41) is 13.7. The third-order valence-corrected chi connectivity index (χ3v) is 3.90. The molecule has 0 bridgehead atoms. The van der Waals surface area contributed by atoms with E-state index in [2.05, 4.69) is 5.32 Å². The predicted molar refractivity (Wildman–Crippen MR) is 67.0 cm³/mol. The van der Waals surface area contributed by atoms with E-state index >= 15 is 0 Å². The third-order valence-electron chi connectivity index (χ3n) is 2.68. The van der Waals surface area contributed by atoms with Crippen molar-refractivity contribution in [3.05, 3.63) is 34.1 Å². The minimum atomic E-state index is -0.514. The zero-order chi connectivity index (χ0) is 12.3. The number of rotatable bonds is 3. The molecule has 92 valence electrons. The van der Waals surface area contributed by atoms with Crippen LogP contribution in [0, 0.1) is 15.9 Å². The normalized spacial score (nSPS) is 19.9. The lowest BCUT2D eigenvalue weighted by molar-refractivity contribution is -0.384. The fraction of sp³-hybridized carbons (Fsp3) is 0.455. The number of benzene rings is 1. The largest absolute Gasteiger partial charge is 0.379 e. The monoisotopic (exact) mass is 256 g/mol. The Morgan fingerprint density at radius 2 is 2.35 bits per heavy atom. The van der Waals surface area contributed by atoms with E-state index in [-0.39, 0.29) is 17.4 Å². The number of thioether (sulfide) groups is 1. The van der Waals surface area contributed by atoms with Crippen molar-refractivity contribution in [2.45, 2.75) is 18.9 Å². The molecule has 1 atom stereocenters. The van der Waals surface area contributed by atoms with Crippen molar-refractivity contribution in [2.75, 3.05) is 16.8 Å². The Bertz CT molecular complexity index is 422. The SMILES string of the molecule is O=[N+]([O-])c1ccc(F)c(NC2CCCSC2)c1. The van der Waals surface area contributed by atoms with Gasteiger partial charge in [0.1, 0.15) is 5.82 Å². The molecule has 2 rings (SSSR count). The molecule has 1 aromatic rings. The van der Waals surface area contributed by atoms with Gasteiger partial charge in [-0.25, -0.2) is 4.39 Å². The number of nitrogens with one attached hydrogen (secondary N) is 1. The Balaban J connectivity index is 2.13. The van der Waals surface area contributed by atoms with E-state index in [4.69, 9.17) is 0 Å². The summed E-state index contributed by atoms with van der Waals surface area (Å²) in [4.78, 5) is 10.1. The molecule has 4 nitrogen and oxygen atoms in total. The maximum absolute atomic E-state index is 13.5. The second-order valence-electron chi connectivity index (χ2n) is 3.98. The van der Waals surface area contributed by atoms with Crippen LogP contribution in [-0.2, 0) is 0 Å². The number of non-ortho nitro benzene ring substituents is 1. The summed E-state index contributed by atoms with van der Waals surface area (Å²) in [5.41, 5.74) is 0.143. The van der Waals surface area contributed by atoms with Crippen LogP contribution in [0.15, 0.2) is 18.2 Å². The lowest BCUT2D eigenvalue weighted by Crippen LogP contribution is -2.26. The highest BCUT2D eigenvalue weighted by atomic mass is 32.2. The Morgan fingerprint density at radius 3 is 3.00 bits per heavy atom. The molecule has 1 aliphatic heterocycles. The summed E-state index contributed by atoms with van der Waals surface area (Å²) in [6, 6.07) is 3.77. The van der Waals surface area contributed by atoms with Gasteiger partial charge in [-0.1, -0.05) is 0 Å². The lowest BCUT2D eigenvalue weighted by Gasteiger charge is -2.23. The number of nitro groups is 1. The van der Waals surface area contributed by atoms with Gasteiger partial charge in [-0.05, 0) is 24.7 Å². The summed E-state index contributed by atoms with van der Waals surface area (Å²) >= 11 is 1.82. The highest BCUT2D eigenvalue weighted by molar-refractivity contribution is 7.99. The molecule has 1 heterocycles. The van der Waals surface area contributed by atoms with E-state index in [0.29, 0.717) is 0 Å². The quantitative estimate of drug-likeness (QED) is 0.667. The van der Waals surface area contributed by atoms with E-state index in [1.807, 2.05) is 11.8 Å². The average Bonchev–Trinajstić information content (AvgIpc) is 2.33. The van der Waals surface area contributed by atoms with Crippen molar-refractivity contribution < 1.29 is 9.31 Å². The zero-order valence-corrected chi connectivity index (χ0v) is 10.0. The van der Waals surface area contributed by atoms with Gasteiger partial charge in [0.25, 0.3) is 5.69 Å². The Labute approximate surface area is 103 Å². The van der Waals surface area contributed by atoms with Crippen molar-refractivity contribution >= 4 is 23.1 Å². The number of nitrogens with zero attached hydrogens (tertiary/aromatic N) is 1. The lowest BCUT2D eigenvalue weighted by atomic mass is 10.1. The van der Waals surface area contributed by atoms with Gasteiger partial charge in [0.05, 0.1) is 10.6 Å². The van der Waals surface area contributed by atoms with Crippen LogP contribution < -0.4 is 5.32 Å². The highest BCUT2D eigenvalue weighted by Crippen LogP contribution is 2.25. The van der Waals surface area contributed by atoms with E-state index in [1.165, 1.54) is 12.1 Å². The highest BCUT2D eigenvalue weighted by Gasteiger charge is 2.17. The summed E-state index contributed by atoms with van der Waals surface area (Å²) in [6.07, 6.45) is 2.08. The van der Waals surface area contributed by atoms with Crippen LogP contribution in [0.25, 0.3) is 0 Å². The Morgan fingerprint density at radius 1 is 1.53 bits per heavy atom. The Kier molecular flexibility index (Phi) is 3.83. The number of halogens is 1. The van der Waals surface area contributed by atoms with Crippen molar-refractivity contribution in [1.82, 2.24) is 0 Å². The number of anilines is 1. The molecule has 0 aliphatic carbocycles. The van der Waals surface area contributed by atoms with Crippen molar-refractivity contribution in [3.63, 3.8) is 0 Å². The second kappa shape index (κ2) is 5.35. The fourth-order valence-corrected chi connectivity index (χ4v) is 2.88. The van der Waals surface area contributed by atoms with Crippen LogP contribution in [0.3, 0.4) is 0 Å². The van der Waals surface area contributed by atoms with Gasteiger partial charge in [0, 0.05) is 23.9 Å². The second-order valence-corrected chi connectivity index (χ2v) is 5.13. The van der Waals surface area contributed by atoms with Crippen LogP contribution in [-0.4, -0.2) is 22.5 Å². The van der Waals surface area contributed by atoms with Crippen LogP contribution >= 0.6 is 11.8 Å². The van der Waals surface area contributed by atoms with E-state index in [0.717, 1.165) is 30.4 Å². The van der Waals surface area contributed by atoms with Crippen LogP contribution in [0.5, 0.6) is 0 Å². The molecule has 6 heteroatoms. The predicted octanol–water partition coefficient (Wildman–Crippen LogP) is 3.04. The molecule has 17 heavy (non-hydrogen) atoms. The van der Waals surface area contributed by atoms with Crippen molar-refractivity contribution in [1.29, 1.82) is 0 Å². The molecule has 0 saturated carbocycles. The molecule has 0 spiro atoms. The molecule has 1 aliphatic rings. The third kappa shape index (κ3) is 3.09. The summed E-state index contributed by atoms with van der Waals surface area (Å²) in [5.74, 6) is 1.61. The minimum absolute atomic E-state index is 0.0858. The summed E-state index contributed by atoms with van der Waals surface area (Å²) in [7, 11) is 0. The first-order valence-electron chi connectivity index (χ1n) is 5.45. The fourth-order valence-electron chi connectivity index (χ4n) is 1.81. The van der Waals surface area contributed by atoms with Crippen LogP contribution in [0.2, 0.25) is 0 Å². The summed E-state index contributed by atoms with van der Waals surface area (Å²) < 4.78 is 13.5. The molecule has 1 saturated heterocycles. The first kappa shape index (κ1) is 12.2. The van der Waals surface area contributed by atoms with Crippen molar-refractivity contribution in [2.24, 2.45) is 0 Å². The molecular weight excluding hydrogens is 243 g/mol. The average molecular weight is 256 g/mol. The minimum Gasteiger partial charge on any atom is -0.379 e. The van der Waals surface area contributed by atoms with Gasteiger partial charge in [-0.2, -0.15) is 11.8 Å². The molecule has 1 fully saturated rings. The smallest absolute Gasteiger partial charge is 0.271 e. The van der Waals surface area contributed by atoms with Gasteiger partial charge in [-0.15, -0.1) is 0 Å². The molecule has 1 aromatic carbocycles. The van der Waals surface area contributed by atoms with Crippen molar-refractivity contribution in [3.8, 4) is 0 Å².